The fourth-order valence-electron chi connectivity index (χ4n) is 2.36. The van der Waals surface area contributed by atoms with E-state index < -0.39 is 0 Å². The van der Waals surface area contributed by atoms with Crippen molar-refractivity contribution in [2.45, 2.75) is 19.9 Å². The number of hydrogen-bond donors (Lipinski definition) is 2. The molecule has 2 aromatic rings. The Morgan fingerprint density at radius 3 is 2.95 bits per heavy atom. The number of ether oxygens (including phenoxy) is 1. The first-order valence-electron chi connectivity index (χ1n) is 7.17. The summed E-state index contributed by atoms with van der Waals surface area (Å²) in [6, 6.07) is 5.59. The van der Waals surface area contributed by atoms with Crippen molar-refractivity contribution >= 4 is 16.9 Å². The third-order valence-electron chi connectivity index (χ3n) is 3.37. The maximum atomic E-state index is 12.0. The SMILES string of the molecule is CCn1c(CCN)nc2cc(C(=O)NCCOC)ccc21. The predicted octanol–water partition coefficient (Wildman–Crippen LogP) is 0.934. The Morgan fingerprint density at radius 2 is 2.29 bits per heavy atom. The van der Waals surface area contributed by atoms with E-state index in [0.29, 0.717) is 25.3 Å². The number of nitrogens with one attached hydrogen (secondary N) is 1. The topological polar surface area (TPSA) is 82.2 Å². The molecular formula is C15H22N4O2. The minimum atomic E-state index is -0.111. The number of nitrogens with two attached hydrogens (primary N) is 1. The van der Waals surface area contributed by atoms with E-state index in [4.69, 9.17) is 10.5 Å². The Hall–Kier alpha value is -1.92. The number of carbonyl (C=O) groups is 1. The van der Waals surface area contributed by atoms with Crippen LogP contribution in [0.25, 0.3) is 11.0 Å². The van der Waals surface area contributed by atoms with Crippen LogP contribution in [0.4, 0.5) is 0 Å². The molecule has 3 N–H and O–H groups in total. The number of methoxy groups -OCH3 is 1. The Bertz CT molecular complexity index is 621. The lowest BCUT2D eigenvalue weighted by Gasteiger charge is -2.06. The molecule has 21 heavy (non-hydrogen) atoms. The van der Waals surface area contributed by atoms with Gasteiger partial charge in [0.1, 0.15) is 5.82 Å². The third-order valence-corrected chi connectivity index (χ3v) is 3.37. The Balaban J connectivity index is 2.27. The lowest BCUT2D eigenvalue weighted by Crippen LogP contribution is -2.26. The number of rotatable bonds is 7. The summed E-state index contributed by atoms with van der Waals surface area (Å²) in [5.74, 6) is 0.854. The van der Waals surface area contributed by atoms with Gasteiger partial charge in [-0.2, -0.15) is 0 Å². The van der Waals surface area contributed by atoms with Gasteiger partial charge in [-0.05, 0) is 31.7 Å². The molecule has 1 aromatic heterocycles. The van der Waals surface area contributed by atoms with Gasteiger partial charge in [-0.15, -0.1) is 0 Å². The van der Waals surface area contributed by atoms with Crippen LogP contribution < -0.4 is 11.1 Å². The van der Waals surface area contributed by atoms with Crippen LogP contribution in [0.5, 0.6) is 0 Å². The zero-order valence-corrected chi connectivity index (χ0v) is 12.6. The van der Waals surface area contributed by atoms with E-state index in [-0.39, 0.29) is 5.91 Å². The highest BCUT2D eigenvalue weighted by Gasteiger charge is 2.12. The molecule has 0 atom stereocenters. The van der Waals surface area contributed by atoms with Gasteiger partial charge in [0.15, 0.2) is 0 Å². The second-order valence-electron chi connectivity index (χ2n) is 4.76. The number of aromatic nitrogens is 2. The van der Waals surface area contributed by atoms with Crippen LogP contribution in [0.3, 0.4) is 0 Å². The van der Waals surface area contributed by atoms with Crippen molar-refractivity contribution in [2.24, 2.45) is 5.73 Å². The zero-order valence-electron chi connectivity index (χ0n) is 12.6. The zero-order chi connectivity index (χ0) is 15.2. The molecule has 0 radical (unpaired) electrons. The Morgan fingerprint density at radius 1 is 1.48 bits per heavy atom. The van der Waals surface area contributed by atoms with Crippen LogP contribution in [0, 0.1) is 0 Å². The summed E-state index contributed by atoms with van der Waals surface area (Å²) >= 11 is 0. The standard InChI is InChI=1S/C15H22N4O2/c1-3-19-13-5-4-11(15(20)17-8-9-21-2)10-12(13)18-14(19)6-7-16/h4-5,10H,3,6-9,16H2,1-2H3,(H,17,20). The van der Waals surface area contributed by atoms with Gasteiger partial charge in [-0.1, -0.05) is 0 Å². The molecule has 1 aromatic carbocycles. The number of imidazole rings is 1. The van der Waals surface area contributed by atoms with Gasteiger partial charge in [0.25, 0.3) is 5.91 Å². The fourth-order valence-corrected chi connectivity index (χ4v) is 2.36. The van der Waals surface area contributed by atoms with E-state index in [2.05, 4.69) is 21.8 Å². The summed E-state index contributed by atoms with van der Waals surface area (Å²) in [5.41, 5.74) is 8.10. The van der Waals surface area contributed by atoms with E-state index in [1.54, 1.807) is 7.11 Å². The summed E-state index contributed by atoms with van der Waals surface area (Å²) in [7, 11) is 1.61. The van der Waals surface area contributed by atoms with E-state index in [1.807, 2.05) is 18.2 Å². The van der Waals surface area contributed by atoms with Gasteiger partial charge >= 0.3 is 0 Å². The quantitative estimate of drug-likeness (QED) is 0.743. The van der Waals surface area contributed by atoms with Crippen LogP contribution in [-0.4, -0.2) is 42.3 Å². The van der Waals surface area contributed by atoms with Crippen molar-refractivity contribution in [3.05, 3.63) is 29.6 Å². The highest BCUT2D eigenvalue weighted by atomic mass is 16.5. The van der Waals surface area contributed by atoms with Crippen LogP contribution >= 0.6 is 0 Å². The maximum absolute atomic E-state index is 12.0. The van der Waals surface area contributed by atoms with Crippen LogP contribution in [0.1, 0.15) is 23.1 Å². The molecular weight excluding hydrogens is 268 g/mol. The fraction of sp³-hybridized carbons (Fsp3) is 0.467. The summed E-state index contributed by atoms with van der Waals surface area (Å²) in [4.78, 5) is 16.6. The molecule has 6 heteroatoms. The van der Waals surface area contributed by atoms with E-state index in [1.165, 1.54) is 0 Å². The monoisotopic (exact) mass is 290 g/mol. The smallest absolute Gasteiger partial charge is 0.251 e. The number of fused-ring (bicyclic) bond motifs is 1. The van der Waals surface area contributed by atoms with Gasteiger partial charge in [0, 0.05) is 32.2 Å². The molecule has 0 spiro atoms. The Kier molecular flexibility index (Phi) is 5.30. The molecule has 0 aliphatic heterocycles. The first-order chi connectivity index (χ1) is 10.2. The van der Waals surface area contributed by atoms with Crippen molar-refractivity contribution in [1.29, 1.82) is 0 Å². The minimum Gasteiger partial charge on any atom is -0.383 e. The molecule has 1 amide bonds. The van der Waals surface area contributed by atoms with Crippen molar-refractivity contribution in [3.8, 4) is 0 Å². The average molecular weight is 290 g/mol. The number of carbonyl (C=O) groups excluding carboxylic acids is 1. The van der Waals surface area contributed by atoms with Crippen molar-refractivity contribution < 1.29 is 9.53 Å². The molecule has 0 fully saturated rings. The van der Waals surface area contributed by atoms with Gasteiger partial charge in [0.05, 0.1) is 17.6 Å². The minimum absolute atomic E-state index is 0.111. The lowest BCUT2D eigenvalue weighted by molar-refractivity contribution is 0.0937. The first-order valence-corrected chi connectivity index (χ1v) is 7.17. The number of amides is 1. The first kappa shape index (κ1) is 15.5. The van der Waals surface area contributed by atoms with Crippen molar-refractivity contribution in [3.63, 3.8) is 0 Å². The number of nitrogens with zero attached hydrogens (tertiary/aromatic N) is 2. The highest BCUT2D eigenvalue weighted by molar-refractivity contribution is 5.97. The summed E-state index contributed by atoms with van der Waals surface area (Å²) in [5, 5.41) is 2.81. The van der Waals surface area contributed by atoms with Gasteiger partial charge in [-0.25, -0.2) is 4.98 Å². The van der Waals surface area contributed by atoms with Crippen LogP contribution in [-0.2, 0) is 17.7 Å². The highest BCUT2D eigenvalue weighted by Crippen LogP contribution is 2.18. The van der Waals surface area contributed by atoms with Gasteiger partial charge < -0.3 is 20.4 Å². The molecule has 0 aliphatic carbocycles. The van der Waals surface area contributed by atoms with Crippen LogP contribution in [0.2, 0.25) is 0 Å². The maximum Gasteiger partial charge on any atom is 0.251 e. The molecule has 6 nitrogen and oxygen atoms in total. The van der Waals surface area contributed by atoms with Crippen molar-refractivity contribution in [1.82, 2.24) is 14.9 Å². The van der Waals surface area contributed by atoms with E-state index in [9.17, 15) is 4.79 Å². The van der Waals surface area contributed by atoms with Gasteiger partial charge in [0.2, 0.25) is 0 Å². The Labute approximate surface area is 124 Å². The van der Waals surface area contributed by atoms with Gasteiger partial charge in [-0.3, -0.25) is 4.79 Å². The largest absolute Gasteiger partial charge is 0.383 e. The average Bonchev–Trinajstić information content (AvgIpc) is 2.84. The summed E-state index contributed by atoms with van der Waals surface area (Å²) in [6.45, 7) is 4.47. The third kappa shape index (κ3) is 3.40. The summed E-state index contributed by atoms with van der Waals surface area (Å²) in [6.07, 6.45) is 0.734. The van der Waals surface area contributed by atoms with E-state index >= 15 is 0 Å². The predicted molar refractivity (Wildman–Crippen MR) is 82.4 cm³/mol. The molecule has 0 aliphatic rings. The van der Waals surface area contributed by atoms with Crippen LogP contribution in [0.15, 0.2) is 18.2 Å². The molecule has 114 valence electrons. The van der Waals surface area contributed by atoms with E-state index in [0.717, 1.165) is 29.8 Å². The second kappa shape index (κ2) is 7.19. The number of hydrogen-bond acceptors (Lipinski definition) is 4. The molecule has 1 heterocycles. The number of benzene rings is 1. The second-order valence-corrected chi connectivity index (χ2v) is 4.76. The molecule has 0 saturated carbocycles. The van der Waals surface area contributed by atoms with Crippen molar-refractivity contribution in [2.75, 3.05) is 26.8 Å². The normalized spacial score (nSPS) is 11.0. The molecule has 0 bridgehead atoms. The molecule has 2 rings (SSSR count). The number of aryl methyl sites for hydroxylation is 1. The molecule has 0 saturated heterocycles. The summed E-state index contributed by atoms with van der Waals surface area (Å²) < 4.78 is 7.05. The molecule has 0 unspecified atom stereocenters. The lowest BCUT2D eigenvalue weighted by atomic mass is 10.2.